The molecule has 0 spiro atoms. The number of thioether (sulfide) groups is 1. The van der Waals surface area contributed by atoms with Crippen molar-refractivity contribution in [1.29, 1.82) is 0 Å². The summed E-state index contributed by atoms with van der Waals surface area (Å²) in [5, 5.41) is 15.6. The van der Waals surface area contributed by atoms with Crippen LogP contribution < -0.4 is 11.1 Å². The second-order valence-electron chi connectivity index (χ2n) is 5.04. The Kier molecular flexibility index (Phi) is 4.41. The van der Waals surface area contributed by atoms with Gasteiger partial charge in [0, 0.05) is 5.75 Å². The average molecular weight is 284 g/mol. The number of nitrogens with two attached hydrogens (primary N) is 1. The molecule has 7 nitrogen and oxygen atoms in total. The van der Waals surface area contributed by atoms with Gasteiger partial charge in [-0.2, -0.15) is 0 Å². The summed E-state index contributed by atoms with van der Waals surface area (Å²) in [5.74, 6) is 0.556. The Morgan fingerprint density at radius 2 is 2.37 bits per heavy atom. The smallest absolute Gasteiger partial charge is 0.237 e. The molecule has 1 unspecified atom stereocenters. The van der Waals surface area contributed by atoms with Crippen LogP contribution in [0.15, 0.2) is 5.16 Å². The normalized spacial score (nSPS) is 18.2. The lowest BCUT2D eigenvalue weighted by Gasteiger charge is -2.25. The summed E-state index contributed by atoms with van der Waals surface area (Å²) in [6.45, 7) is 1.83. The zero-order valence-corrected chi connectivity index (χ0v) is 12.1. The fraction of sp³-hybridized carbons (Fsp3) is 0.818. The van der Waals surface area contributed by atoms with Crippen LogP contribution in [-0.2, 0) is 4.79 Å². The summed E-state index contributed by atoms with van der Waals surface area (Å²) < 4.78 is 1.90. The first kappa shape index (κ1) is 14.3. The molecule has 1 amide bonds. The molecule has 1 fully saturated rings. The molecular weight excluding hydrogens is 264 g/mol. The number of tetrazole rings is 1. The first-order valence-electron chi connectivity index (χ1n) is 6.46. The lowest BCUT2D eigenvalue weighted by molar-refractivity contribution is -0.123. The molecule has 1 aromatic heterocycles. The summed E-state index contributed by atoms with van der Waals surface area (Å²) >= 11 is 1.63. The van der Waals surface area contributed by atoms with Gasteiger partial charge in [-0.25, -0.2) is 4.68 Å². The highest BCUT2D eigenvalue weighted by atomic mass is 32.2. The Labute approximate surface area is 116 Å². The molecule has 1 aliphatic carbocycles. The van der Waals surface area contributed by atoms with E-state index in [1.165, 1.54) is 0 Å². The molecule has 0 aromatic carbocycles. The number of primary amides is 1. The fourth-order valence-electron chi connectivity index (χ4n) is 1.79. The van der Waals surface area contributed by atoms with Crippen LogP contribution in [0.1, 0.15) is 38.6 Å². The van der Waals surface area contributed by atoms with Crippen molar-refractivity contribution in [2.24, 2.45) is 5.73 Å². The molecule has 1 atom stereocenters. The molecular formula is C11H20N6OS. The number of aromatic nitrogens is 4. The third-order valence-electron chi connectivity index (χ3n) is 3.50. The van der Waals surface area contributed by atoms with E-state index >= 15 is 0 Å². The van der Waals surface area contributed by atoms with Gasteiger partial charge in [0.1, 0.15) is 0 Å². The van der Waals surface area contributed by atoms with Gasteiger partial charge >= 0.3 is 0 Å². The molecule has 106 valence electrons. The third-order valence-corrected chi connectivity index (χ3v) is 4.52. The second-order valence-corrected chi connectivity index (χ2v) is 6.10. The number of amides is 1. The molecule has 1 aromatic rings. The SMILES string of the molecule is CNC(C)(CCCSc1nnnn1C1CC1)C(N)=O. The van der Waals surface area contributed by atoms with Crippen molar-refractivity contribution in [3.63, 3.8) is 0 Å². The first-order chi connectivity index (χ1) is 9.07. The zero-order valence-electron chi connectivity index (χ0n) is 11.3. The van der Waals surface area contributed by atoms with Gasteiger partial charge in [0.05, 0.1) is 11.6 Å². The number of hydrogen-bond donors (Lipinski definition) is 2. The molecule has 1 aliphatic rings. The summed E-state index contributed by atoms with van der Waals surface area (Å²) in [7, 11) is 1.76. The zero-order chi connectivity index (χ0) is 13.9. The van der Waals surface area contributed by atoms with Crippen molar-refractivity contribution in [3.05, 3.63) is 0 Å². The lowest BCUT2D eigenvalue weighted by atomic mass is 9.96. The van der Waals surface area contributed by atoms with Crippen LogP contribution in [0.4, 0.5) is 0 Å². The van der Waals surface area contributed by atoms with Crippen LogP contribution >= 0.6 is 11.8 Å². The van der Waals surface area contributed by atoms with Crippen LogP contribution in [0.25, 0.3) is 0 Å². The van der Waals surface area contributed by atoms with Crippen LogP contribution in [0.5, 0.6) is 0 Å². The standard InChI is InChI=1S/C11H20N6OS/c1-11(13-2,9(12)18)6-3-7-19-10-14-15-16-17(10)8-4-5-8/h8,13H,3-7H2,1-2H3,(H2,12,18). The Hall–Kier alpha value is -1.15. The van der Waals surface area contributed by atoms with Crippen LogP contribution in [-0.4, -0.2) is 44.5 Å². The Morgan fingerprint density at radius 3 is 2.95 bits per heavy atom. The van der Waals surface area contributed by atoms with Crippen molar-refractivity contribution >= 4 is 17.7 Å². The Morgan fingerprint density at radius 1 is 1.63 bits per heavy atom. The quantitative estimate of drug-likeness (QED) is 0.528. The molecule has 0 saturated heterocycles. The van der Waals surface area contributed by atoms with Crippen molar-refractivity contribution < 1.29 is 4.79 Å². The van der Waals surface area contributed by atoms with E-state index in [1.54, 1.807) is 18.8 Å². The molecule has 2 rings (SSSR count). The van der Waals surface area contributed by atoms with Crippen molar-refractivity contribution in [2.75, 3.05) is 12.8 Å². The molecule has 3 N–H and O–H groups in total. The van der Waals surface area contributed by atoms with Gasteiger partial charge in [0.25, 0.3) is 0 Å². The van der Waals surface area contributed by atoms with Gasteiger partial charge in [0.2, 0.25) is 11.1 Å². The highest BCUT2D eigenvalue weighted by molar-refractivity contribution is 7.99. The van der Waals surface area contributed by atoms with Gasteiger partial charge in [-0.05, 0) is 50.1 Å². The minimum Gasteiger partial charge on any atom is -0.368 e. The van der Waals surface area contributed by atoms with Gasteiger partial charge < -0.3 is 11.1 Å². The molecule has 19 heavy (non-hydrogen) atoms. The van der Waals surface area contributed by atoms with E-state index in [4.69, 9.17) is 5.73 Å². The van der Waals surface area contributed by atoms with E-state index in [-0.39, 0.29) is 5.91 Å². The maximum atomic E-state index is 11.3. The van der Waals surface area contributed by atoms with Gasteiger partial charge in [0.15, 0.2) is 0 Å². The van der Waals surface area contributed by atoms with Gasteiger partial charge in [-0.1, -0.05) is 11.8 Å². The van der Waals surface area contributed by atoms with E-state index in [0.717, 1.165) is 30.2 Å². The minimum absolute atomic E-state index is 0.317. The summed E-state index contributed by atoms with van der Waals surface area (Å²) in [6, 6.07) is 0.491. The van der Waals surface area contributed by atoms with Crippen molar-refractivity contribution in [3.8, 4) is 0 Å². The largest absolute Gasteiger partial charge is 0.368 e. The average Bonchev–Trinajstić information content (AvgIpc) is 3.13. The number of nitrogens with zero attached hydrogens (tertiary/aromatic N) is 4. The maximum Gasteiger partial charge on any atom is 0.237 e. The first-order valence-corrected chi connectivity index (χ1v) is 7.45. The number of likely N-dealkylation sites (N-methyl/N-ethyl adjacent to an activating group) is 1. The molecule has 1 heterocycles. The van der Waals surface area contributed by atoms with Crippen LogP contribution in [0.2, 0.25) is 0 Å². The lowest BCUT2D eigenvalue weighted by Crippen LogP contribution is -2.51. The van der Waals surface area contributed by atoms with E-state index in [0.29, 0.717) is 12.5 Å². The number of hydrogen-bond acceptors (Lipinski definition) is 6. The topological polar surface area (TPSA) is 98.7 Å². The van der Waals surface area contributed by atoms with Crippen molar-refractivity contribution in [2.45, 2.75) is 49.3 Å². The van der Waals surface area contributed by atoms with Gasteiger partial charge in [-0.3, -0.25) is 4.79 Å². The van der Waals surface area contributed by atoms with E-state index < -0.39 is 5.54 Å². The molecule has 0 bridgehead atoms. The van der Waals surface area contributed by atoms with Gasteiger partial charge in [-0.15, -0.1) is 5.10 Å². The summed E-state index contributed by atoms with van der Waals surface area (Å²) in [5.41, 5.74) is 4.75. The minimum atomic E-state index is -0.636. The van der Waals surface area contributed by atoms with E-state index in [1.807, 2.05) is 11.6 Å². The Bertz CT molecular complexity index is 446. The van der Waals surface area contributed by atoms with Crippen molar-refractivity contribution in [1.82, 2.24) is 25.5 Å². The Balaban J connectivity index is 1.77. The molecule has 8 heteroatoms. The second kappa shape index (κ2) is 5.87. The highest BCUT2D eigenvalue weighted by Crippen LogP contribution is 2.36. The molecule has 0 radical (unpaired) electrons. The number of carbonyl (C=O) groups excluding carboxylic acids is 1. The number of carbonyl (C=O) groups is 1. The van der Waals surface area contributed by atoms with Crippen LogP contribution in [0, 0.1) is 0 Å². The predicted octanol–water partition coefficient (Wildman–Crippen LogP) is 0.344. The monoisotopic (exact) mass is 284 g/mol. The number of rotatable bonds is 8. The summed E-state index contributed by atoms with van der Waals surface area (Å²) in [6.07, 6.45) is 3.91. The number of nitrogens with one attached hydrogen (secondary N) is 1. The van der Waals surface area contributed by atoms with Crippen LogP contribution in [0.3, 0.4) is 0 Å². The maximum absolute atomic E-state index is 11.3. The summed E-state index contributed by atoms with van der Waals surface area (Å²) in [4.78, 5) is 11.3. The predicted molar refractivity (Wildman–Crippen MR) is 72.7 cm³/mol. The fourth-order valence-corrected chi connectivity index (χ4v) is 2.67. The van der Waals surface area contributed by atoms with E-state index in [2.05, 4.69) is 20.8 Å². The highest BCUT2D eigenvalue weighted by Gasteiger charge is 2.29. The molecule has 0 aliphatic heterocycles. The third kappa shape index (κ3) is 3.44. The van der Waals surface area contributed by atoms with E-state index in [9.17, 15) is 4.79 Å². The molecule has 1 saturated carbocycles.